The van der Waals surface area contributed by atoms with Crippen LogP contribution >= 0.6 is 0 Å². The number of fused-ring (bicyclic) bond motifs is 2. The highest BCUT2D eigenvalue weighted by atomic mass is 16.2. The molecule has 30 heavy (non-hydrogen) atoms. The largest absolute Gasteiger partial charge is 0.309 e. The Morgan fingerprint density at radius 3 is 2.87 bits per heavy atom. The molecule has 0 N–H and O–H groups in total. The Bertz CT molecular complexity index is 1330. The first kappa shape index (κ1) is 17.2. The van der Waals surface area contributed by atoms with Crippen molar-refractivity contribution in [2.24, 2.45) is 17.3 Å². The highest BCUT2D eigenvalue weighted by Gasteiger charge is 2.61. The van der Waals surface area contributed by atoms with Crippen LogP contribution in [-0.2, 0) is 4.79 Å². The Morgan fingerprint density at radius 2 is 2.10 bits per heavy atom. The van der Waals surface area contributed by atoms with Crippen LogP contribution in [0.5, 0.6) is 0 Å². The maximum Gasteiger partial charge on any atom is 0.248 e. The third-order valence-electron chi connectivity index (χ3n) is 6.52. The van der Waals surface area contributed by atoms with Crippen LogP contribution in [0.2, 0.25) is 0 Å². The van der Waals surface area contributed by atoms with Gasteiger partial charge in [0.25, 0.3) is 0 Å². The van der Waals surface area contributed by atoms with Gasteiger partial charge in [-0.05, 0) is 43.0 Å². The Kier molecular flexibility index (Phi) is 3.37. The molecular formula is C22H19N7O. The number of amides is 1. The van der Waals surface area contributed by atoms with Crippen molar-refractivity contribution in [1.82, 2.24) is 24.2 Å². The van der Waals surface area contributed by atoms with E-state index >= 15 is 0 Å². The predicted octanol–water partition coefficient (Wildman–Crippen LogP) is 2.95. The molecule has 148 valence electrons. The van der Waals surface area contributed by atoms with E-state index in [-0.39, 0.29) is 17.7 Å². The Hall–Kier alpha value is -3.73. The monoisotopic (exact) mass is 397 g/mol. The summed E-state index contributed by atoms with van der Waals surface area (Å²) in [6, 6.07) is 11.9. The molecule has 4 aromatic heterocycles. The van der Waals surface area contributed by atoms with Gasteiger partial charge in [-0.15, -0.1) is 5.10 Å². The first-order chi connectivity index (χ1) is 14.6. The Labute approximate surface area is 172 Å². The van der Waals surface area contributed by atoms with E-state index in [1.54, 1.807) is 20.1 Å². The van der Waals surface area contributed by atoms with Gasteiger partial charge in [-0.3, -0.25) is 4.79 Å². The van der Waals surface area contributed by atoms with Crippen molar-refractivity contribution in [2.45, 2.75) is 19.8 Å². The second kappa shape index (κ2) is 5.89. The SMILES string of the molecule is C[C@@H]1CN(c2ccnn3cc(-c4nc5ccccn5n4)cc23)C(=O)[C@]1(C#N)C1CC1. The first-order valence-corrected chi connectivity index (χ1v) is 10.1. The summed E-state index contributed by atoms with van der Waals surface area (Å²) in [5, 5.41) is 18.9. The molecule has 0 spiro atoms. The van der Waals surface area contributed by atoms with E-state index < -0.39 is 5.41 Å². The van der Waals surface area contributed by atoms with Crippen LogP contribution in [0.15, 0.2) is 48.9 Å². The van der Waals surface area contributed by atoms with Gasteiger partial charge in [0.05, 0.1) is 17.3 Å². The molecule has 0 aromatic carbocycles. The lowest BCUT2D eigenvalue weighted by atomic mass is 9.75. The van der Waals surface area contributed by atoms with Crippen molar-refractivity contribution in [1.29, 1.82) is 5.26 Å². The molecule has 1 aliphatic carbocycles. The molecule has 1 saturated carbocycles. The Morgan fingerprint density at radius 1 is 1.23 bits per heavy atom. The summed E-state index contributed by atoms with van der Waals surface area (Å²) in [4.78, 5) is 19.8. The van der Waals surface area contributed by atoms with E-state index in [0.29, 0.717) is 12.4 Å². The van der Waals surface area contributed by atoms with Gasteiger partial charge in [0.1, 0.15) is 5.41 Å². The third-order valence-corrected chi connectivity index (χ3v) is 6.52. The number of pyridine rings is 1. The lowest BCUT2D eigenvalue weighted by Crippen LogP contribution is -2.37. The van der Waals surface area contributed by atoms with Gasteiger partial charge >= 0.3 is 0 Å². The van der Waals surface area contributed by atoms with Gasteiger partial charge in [-0.1, -0.05) is 13.0 Å². The van der Waals surface area contributed by atoms with Gasteiger partial charge < -0.3 is 4.90 Å². The van der Waals surface area contributed by atoms with Gasteiger partial charge in [0.15, 0.2) is 11.5 Å². The fourth-order valence-corrected chi connectivity index (χ4v) is 4.81. The quantitative estimate of drug-likeness (QED) is 0.530. The fraction of sp³-hybridized carbons (Fsp3) is 0.318. The maximum absolute atomic E-state index is 13.4. The molecule has 4 aromatic rings. The average Bonchev–Trinajstić information content (AvgIpc) is 3.27. The molecule has 1 saturated heterocycles. The van der Waals surface area contributed by atoms with Crippen molar-refractivity contribution >= 4 is 22.8 Å². The van der Waals surface area contributed by atoms with Crippen LogP contribution < -0.4 is 4.90 Å². The zero-order valence-electron chi connectivity index (χ0n) is 16.4. The van der Waals surface area contributed by atoms with Gasteiger partial charge in [0, 0.05) is 36.6 Å². The van der Waals surface area contributed by atoms with Gasteiger partial charge in [0.2, 0.25) is 5.91 Å². The molecule has 0 unspecified atom stereocenters. The second-order valence-corrected chi connectivity index (χ2v) is 8.29. The number of carbonyl (C=O) groups is 1. The van der Waals surface area contributed by atoms with E-state index in [2.05, 4.69) is 21.3 Å². The molecule has 5 heterocycles. The summed E-state index contributed by atoms with van der Waals surface area (Å²) in [6.07, 6.45) is 7.33. The molecular weight excluding hydrogens is 378 g/mol. The number of aromatic nitrogens is 5. The number of anilines is 1. The van der Waals surface area contributed by atoms with Gasteiger partial charge in [-0.25, -0.2) is 14.0 Å². The summed E-state index contributed by atoms with van der Waals surface area (Å²) in [5.74, 6) is 0.687. The topological polar surface area (TPSA) is 91.6 Å². The minimum absolute atomic E-state index is 0.00902. The average molecular weight is 397 g/mol. The third kappa shape index (κ3) is 2.20. The molecule has 6 rings (SSSR count). The summed E-state index contributed by atoms with van der Waals surface area (Å²) in [7, 11) is 0. The summed E-state index contributed by atoms with van der Waals surface area (Å²) < 4.78 is 3.48. The number of nitriles is 1. The van der Waals surface area contributed by atoms with Crippen LogP contribution in [0.4, 0.5) is 5.69 Å². The maximum atomic E-state index is 13.4. The summed E-state index contributed by atoms with van der Waals surface area (Å²) in [5.41, 5.74) is 2.26. The molecule has 8 heteroatoms. The molecule has 1 aliphatic heterocycles. The number of hydrogen-bond acceptors (Lipinski definition) is 5. The van der Waals surface area contributed by atoms with E-state index in [1.165, 1.54) is 0 Å². The minimum atomic E-state index is -0.904. The molecule has 0 radical (unpaired) electrons. The number of carbonyl (C=O) groups excluding carboxylic acids is 1. The minimum Gasteiger partial charge on any atom is -0.309 e. The second-order valence-electron chi connectivity index (χ2n) is 8.29. The molecule has 2 fully saturated rings. The van der Waals surface area contributed by atoms with Crippen molar-refractivity contribution in [2.75, 3.05) is 11.4 Å². The standard InChI is InChI=1S/C22H19N7O/c1-14-11-27(21(30)22(14,13-23)16-5-6-16)17-7-8-24-29-12-15(10-18(17)29)20-25-19-4-2-3-9-28(19)26-20/h2-4,7-10,12,14,16H,5-6,11H2,1H3/t14-,22+/m1/s1. The summed E-state index contributed by atoms with van der Waals surface area (Å²) >= 11 is 0. The van der Waals surface area contributed by atoms with E-state index in [9.17, 15) is 10.1 Å². The molecule has 1 amide bonds. The lowest BCUT2D eigenvalue weighted by Gasteiger charge is -2.23. The highest BCUT2D eigenvalue weighted by Crippen LogP contribution is 2.54. The van der Waals surface area contributed by atoms with E-state index in [4.69, 9.17) is 0 Å². The Balaban J connectivity index is 1.45. The van der Waals surface area contributed by atoms with Crippen LogP contribution in [0.3, 0.4) is 0 Å². The van der Waals surface area contributed by atoms with Crippen LogP contribution in [0.25, 0.3) is 22.6 Å². The number of rotatable bonds is 3. The fourth-order valence-electron chi connectivity index (χ4n) is 4.81. The molecule has 0 bridgehead atoms. The van der Waals surface area contributed by atoms with Crippen LogP contribution in [0, 0.1) is 28.6 Å². The smallest absolute Gasteiger partial charge is 0.248 e. The predicted molar refractivity (Wildman–Crippen MR) is 109 cm³/mol. The zero-order valence-corrected chi connectivity index (χ0v) is 16.4. The molecule has 8 nitrogen and oxygen atoms in total. The van der Waals surface area contributed by atoms with E-state index in [0.717, 1.165) is 35.3 Å². The normalized spacial score (nSPS) is 24.1. The van der Waals surface area contributed by atoms with Gasteiger partial charge in [-0.2, -0.15) is 10.4 Å². The van der Waals surface area contributed by atoms with Crippen molar-refractivity contribution < 1.29 is 4.79 Å². The zero-order chi connectivity index (χ0) is 20.5. The summed E-state index contributed by atoms with van der Waals surface area (Å²) in [6.45, 7) is 2.55. The lowest BCUT2D eigenvalue weighted by molar-refractivity contribution is -0.124. The number of hydrogen-bond donors (Lipinski definition) is 0. The van der Waals surface area contributed by atoms with E-state index in [1.807, 2.05) is 49.6 Å². The molecule has 2 atom stereocenters. The molecule has 2 aliphatic rings. The van der Waals surface area contributed by atoms with Crippen LogP contribution in [-0.4, -0.2) is 36.7 Å². The van der Waals surface area contributed by atoms with Crippen molar-refractivity contribution in [3.05, 3.63) is 48.9 Å². The first-order valence-electron chi connectivity index (χ1n) is 10.1. The van der Waals surface area contributed by atoms with Crippen molar-refractivity contribution in [3.63, 3.8) is 0 Å². The van der Waals surface area contributed by atoms with Crippen molar-refractivity contribution in [3.8, 4) is 17.5 Å². The van der Waals surface area contributed by atoms with Crippen LogP contribution in [0.1, 0.15) is 19.8 Å². The number of nitrogens with zero attached hydrogens (tertiary/aromatic N) is 7. The highest BCUT2D eigenvalue weighted by molar-refractivity contribution is 6.05.